The van der Waals surface area contributed by atoms with Crippen LogP contribution >= 0.6 is 22.6 Å². The highest BCUT2D eigenvalue weighted by Gasteiger charge is 2.15. The minimum absolute atomic E-state index is 0.00644. The summed E-state index contributed by atoms with van der Waals surface area (Å²) in [6, 6.07) is 27.0. The minimum Gasteiger partial charge on any atom is -0.493 e. The molecule has 0 unspecified atom stereocenters. The molecule has 0 bridgehead atoms. The maximum Gasteiger partial charge on any atom is 0.266 e. The number of hydrogen-bond donors (Lipinski definition) is 1. The number of rotatable bonds is 9. The summed E-state index contributed by atoms with van der Waals surface area (Å²) >= 11 is 2.17. The van der Waals surface area contributed by atoms with Crippen molar-refractivity contribution in [1.29, 1.82) is 5.26 Å². The molecule has 0 aromatic heterocycles. The van der Waals surface area contributed by atoms with Gasteiger partial charge in [-0.3, -0.25) is 4.79 Å². The highest BCUT2D eigenvalue weighted by molar-refractivity contribution is 14.1. The Morgan fingerprint density at radius 3 is 2.58 bits per heavy atom. The second-order valence-corrected chi connectivity index (χ2v) is 9.94. The van der Waals surface area contributed by atoms with Gasteiger partial charge in [0.25, 0.3) is 5.91 Å². The highest BCUT2D eigenvalue weighted by Crippen LogP contribution is 2.35. The van der Waals surface area contributed by atoms with Crippen LogP contribution in [0.3, 0.4) is 0 Å². The number of ether oxygens (including phenoxy) is 3. The summed E-state index contributed by atoms with van der Waals surface area (Å²) < 4.78 is 18.3. The summed E-state index contributed by atoms with van der Waals surface area (Å²) in [7, 11) is 1.56. The summed E-state index contributed by atoms with van der Waals surface area (Å²) in [6.07, 6.45) is 1.54. The lowest BCUT2D eigenvalue weighted by Gasteiger charge is -2.15. The van der Waals surface area contributed by atoms with Crippen LogP contribution in [-0.4, -0.2) is 19.1 Å². The molecule has 38 heavy (non-hydrogen) atoms. The molecule has 0 fully saturated rings. The number of nitriles is 1. The van der Waals surface area contributed by atoms with Crippen LogP contribution in [0, 0.1) is 14.9 Å². The molecule has 1 N–H and O–H groups in total. The van der Waals surface area contributed by atoms with Crippen molar-refractivity contribution in [3.63, 3.8) is 0 Å². The number of anilines is 1. The zero-order valence-electron chi connectivity index (χ0n) is 21.3. The molecule has 0 aliphatic heterocycles. The second kappa shape index (κ2) is 12.5. The van der Waals surface area contributed by atoms with Crippen molar-refractivity contribution in [1.82, 2.24) is 0 Å². The van der Waals surface area contributed by atoms with E-state index in [0.29, 0.717) is 35.1 Å². The molecule has 4 aromatic rings. The van der Waals surface area contributed by atoms with Gasteiger partial charge < -0.3 is 19.5 Å². The maximum atomic E-state index is 12.9. The second-order valence-electron chi connectivity index (χ2n) is 8.78. The zero-order chi connectivity index (χ0) is 27.1. The third kappa shape index (κ3) is 6.64. The number of methoxy groups -OCH3 is 1. The lowest BCUT2D eigenvalue weighted by Crippen LogP contribution is -2.14. The Morgan fingerprint density at radius 2 is 1.82 bits per heavy atom. The van der Waals surface area contributed by atoms with Crippen molar-refractivity contribution in [3.8, 4) is 23.3 Å². The number of carbonyl (C=O) groups excluding carboxylic acids is 1. The van der Waals surface area contributed by atoms with Crippen LogP contribution < -0.4 is 19.5 Å². The number of benzene rings is 4. The number of carbonyl (C=O) groups is 1. The first-order valence-electron chi connectivity index (χ1n) is 12.0. The number of nitrogens with zero attached hydrogens (tertiary/aromatic N) is 1. The van der Waals surface area contributed by atoms with E-state index in [4.69, 9.17) is 14.2 Å². The van der Waals surface area contributed by atoms with Crippen LogP contribution in [0.5, 0.6) is 17.2 Å². The summed E-state index contributed by atoms with van der Waals surface area (Å²) in [5.41, 5.74) is 2.21. The topological polar surface area (TPSA) is 80.6 Å². The molecule has 4 rings (SSSR count). The molecule has 0 saturated carbocycles. The number of halogens is 1. The Balaban J connectivity index is 1.54. The largest absolute Gasteiger partial charge is 0.493 e. The first-order chi connectivity index (χ1) is 18.4. The molecule has 0 saturated heterocycles. The molecule has 0 aliphatic carbocycles. The van der Waals surface area contributed by atoms with E-state index in [-0.39, 0.29) is 11.7 Å². The van der Waals surface area contributed by atoms with Crippen molar-refractivity contribution < 1.29 is 19.0 Å². The molecule has 0 aliphatic rings. The maximum absolute atomic E-state index is 12.9. The standard InChI is InChI=1S/C31H27IN2O4/c1-20(2)38-26-12-7-11-25(17-26)34-31(35)24(18-33)14-21-15-28(32)30(29(16-21)36-3)37-19-23-10-6-9-22-8-4-5-13-27(22)23/h4-17,20H,19H2,1-3H3,(H,34,35)/b24-14-. The normalized spacial score (nSPS) is 11.2. The first-order valence-corrected chi connectivity index (χ1v) is 13.1. The predicted octanol–water partition coefficient (Wildman–Crippen LogP) is 7.36. The van der Waals surface area contributed by atoms with Gasteiger partial charge in [0.1, 0.15) is 24.0 Å². The van der Waals surface area contributed by atoms with Crippen molar-refractivity contribution in [2.24, 2.45) is 0 Å². The van der Waals surface area contributed by atoms with Crippen LogP contribution in [0.2, 0.25) is 0 Å². The zero-order valence-corrected chi connectivity index (χ0v) is 23.5. The molecule has 0 radical (unpaired) electrons. The van der Waals surface area contributed by atoms with E-state index in [2.05, 4.69) is 46.1 Å². The Labute approximate surface area is 236 Å². The van der Waals surface area contributed by atoms with Gasteiger partial charge in [-0.2, -0.15) is 5.26 Å². The van der Waals surface area contributed by atoms with Gasteiger partial charge in [0, 0.05) is 11.8 Å². The fourth-order valence-corrected chi connectivity index (χ4v) is 4.75. The lowest BCUT2D eigenvalue weighted by atomic mass is 10.1. The third-order valence-electron chi connectivity index (χ3n) is 5.64. The Morgan fingerprint density at radius 1 is 1.05 bits per heavy atom. The van der Waals surface area contributed by atoms with Gasteiger partial charge in [0.05, 0.1) is 16.8 Å². The fourth-order valence-electron chi connectivity index (χ4n) is 3.96. The van der Waals surface area contributed by atoms with Crippen molar-refractivity contribution >= 4 is 51.0 Å². The van der Waals surface area contributed by atoms with Gasteiger partial charge in [-0.1, -0.05) is 48.5 Å². The summed E-state index contributed by atoms with van der Waals surface area (Å²) in [6.45, 7) is 4.23. The van der Waals surface area contributed by atoms with Gasteiger partial charge in [0.2, 0.25) is 0 Å². The molecule has 0 heterocycles. The Bertz CT molecular complexity index is 1530. The van der Waals surface area contributed by atoms with Crippen molar-refractivity contribution in [2.75, 3.05) is 12.4 Å². The number of amides is 1. The monoisotopic (exact) mass is 618 g/mol. The molecule has 0 atom stereocenters. The summed E-state index contributed by atoms with van der Waals surface area (Å²) in [5.74, 6) is 1.24. The van der Waals surface area contributed by atoms with E-state index < -0.39 is 5.91 Å². The van der Waals surface area contributed by atoms with Crippen LogP contribution in [-0.2, 0) is 11.4 Å². The first kappa shape index (κ1) is 27.0. The smallest absolute Gasteiger partial charge is 0.266 e. The lowest BCUT2D eigenvalue weighted by molar-refractivity contribution is -0.112. The molecule has 4 aromatic carbocycles. The quantitative estimate of drug-likeness (QED) is 0.120. The Kier molecular flexibility index (Phi) is 8.87. The van der Waals surface area contributed by atoms with Gasteiger partial charge in [-0.25, -0.2) is 0 Å². The molecule has 192 valence electrons. The molecule has 7 heteroatoms. The molecular formula is C31H27IN2O4. The molecule has 1 amide bonds. The van der Waals surface area contributed by atoms with E-state index in [1.54, 1.807) is 31.4 Å². The van der Waals surface area contributed by atoms with E-state index >= 15 is 0 Å². The van der Waals surface area contributed by atoms with E-state index in [1.807, 2.05) is 56.3 Å². The number of fused-ring (bicyclic) bond motifs is 1. The van der Waals surface area contributed by atoms with E-state index in [1.165, 1.54) is 6.08 Å². The van der Waals surface area contributed by atoms with Crippen LogP contribution in [0.15, 0.2) is 84.4 Å². The molecule has 0 spiro atoms. The molecular weight excluding hydrogens is 591 g/mol. The van der Waals surface area contributed by atoms with Gasteiger partial charge in [0.15, 0.2) is 11.5 Å². The average Bonchev–Trinajstić information content (AvgIpc) is 2.90. The minimum atomic E-state index is -0.514. The Hall–Kier alpha value is -4.03. The SMILES string of the molecule is COc1cc(/C=C(/C#N)C(=O)Nc2cccc(OC(C)C)c2)cc(I)c1OCc1cccc2ccccc12. The van der Waals surface area contributed by atoms with E-state index in [0.717, 1.165) is 19.9 Å². The average molecular weight is 618 g/mol. The fraction of sp³-hybridized carbons (Fsp3) is 0.161. The number of hydrogen-bond acceptors (Lipinski definition) is 5. The third-order valence-corrected chi connectivity index (χ3v) is 6.44. The van der Waals surface area contributed by atoms with Crippen LogP contribution in [0.25, 0.3) is 16.8 Å². The van der Waals surface area contributed by atoms with E-state index in [9.17, 15) is 10.1 Å². The van der Waals surface area contributed by atoms with Gasteiger partial charge in [-0.05, 0) is 88.7 Å². The predicted molar refractivity (Wildman–Crippen MR) is 158 cm³/mol. The van der Waals surface area contributed by atoms with Crippen LogP contribution in [0.1, 0.15) is 25.0 Å². The van der Waals surface area contributed by atoms with Crippen molar-refractivity contribution in [3.05, 3.63) is 99.1 Å². The van der Waals surface area contributed by atoms with Crippen molar-refractivity contribution in [2.45, 2.75) is 26.6 Å². The summed E-state index contributed by atoms with van der Waals surface area (Å²) in [4.78, 5) is 12.9. The highest BCUT2D eigenvalue weighted by atomic mass is 127. The molecule has 6 nitrogen and oxygen atoms in total. The number of nitrogens with one attached hydrogen (secondary N) is 1. The van der Waals surface area contributed by atoms with Gasteiger partial charge >= 0.3 is 0 Å². The van der Waals surface area contributed by atoms with Crippen LogP contribution in [0.4, 0.5) is 5.69 Å². The van der Waals surface area contributed by atoms with Gasteiger partial charge in [-0.15, -0.1) is 0 Å². The summed E-state index contributed by atoms with van der Waals surface area (Å²) in [5, 5.41) is 14.7.